The van der Waals surface area contributed by atoms with E-state index in [9.17, 15) is 4.79 Å². The molecule has 1 heterocycles. The van der Waals surface area contributed by atoms with E-state index in [1.54, 1.807) is 23.7 Å². The Morgan fingerprint density at radius 1 is 1.44 bits per heavy atom. The maximum absolute atomic E-state index is 11.4. The topological polar surface area (TPSA) is 51.2 Å². The largest absolute Gasteiger partial charge is 0.445 e. The van der Waals surface area contributed by atoms with Gasteiger partial charge >= 0.3 is 6.09 Å². The van der Waals surface area contributed by atoms with Crippen molar-refractivity contribution in [3.05, 3.63) is 23.7 Å². The molecule has 0 radical (unpaired) electrons. The van der Waals surface area contributed by atoms with Gasteiger partial charge in [-0.1, -0.05) is 34.8 Å². The van der Waals surface area contributed by atoms with Crippen LogP contribution < -0.4 is 5.32 Å². The molecule has 8 heteroatoms. The first-order valence-corrected chi connectivity index (χ1v) is 6.79. The molecule has 1 N–H and O–H groups in total. The highest BCUT2D eigenvalue weighted by molar-refractivity contribution is 7.16. The molecule has 2 rings (SSSR count). The molecule has 0 saturated heterocycles. The number of thiazole rings is 1. The van der Waals surface area contributed by atoms with Gasteiger partial charge in [0.15, 0.2) is 0 Å². The molecule has 0 saturated carbocycles. The Hall–Kier alpha value is -0.750. The van der Waals surface area contributed by atoms with Crippen LogP contribution in [0.2, 0.25) is 0 Å². The van der Waals surface area contributed by atoms with Crippen LogP contribution in [-0.4, -0.2) is 21.5 Å². The number of nitrogens with zero attached hydrogens (tertiary/aromatic N) is 1. The van der Waals surface area contributed by atoms with E-state index in [1.807, 2.05) is 0 Å². The summed E-state index contributed by atoms with van der Waals surface area (Å²) >= 11 is 17.9. The number of benzene rings is 1. The van der Waals surface area contributed by atoms with Crippen molar-refractivity contribution in [2.75, 3.05) is 11.9 Å². The predicted octanol–water partition coefficient (Wildman–Crippen LogP) is 4.22. The summed E-state index contributed by atoms with van der Waals surface area (Å²) in [7, 11) is 0. The Kier molecular flexibility index (Phi) is 4.17. The van der Waals surface area contributed by atoms with Gasteiger partial charge < -0.3 is 4.74 Å². The predicted molar refractivity (Wildman–Crippen MR) is 74.9 cm³/mol. The van der Waals surface area contributed by atoms with Crippen LogP contribution in [0.5, 0.6) is 0 Å². The van der Waals surface area contributed by atoms with Crippen LogP contribution in [-0.2, 0) is 4.74 Å². The van der Waals surface area contributed by atoms with E-state index in [0.717, 1.165) is 10.2 Å². The number of alkyl halides is 3. The lowest BCUT2D eigenvalue weighted by Gasteiger charge is -2.11. The molecule has 0 bridgehead atoms. The first-order valence-electron chi connectivity index (χ1n) is 4.78. The van der Waals surface area contributed by atoms with Crippen molar-refractivity contribution in [1.82, 2.24) is 4.98 Å². The zero-order valence-corrected chi connectivity index (χ0v) is 11.9. The minimum atomic E-state index is -1.61. The number of aromatic nitrogens is 1. The number of carbonyl (C=O) groups excluding carboxylic acids is 1. The van der Waals surface area contributed by atoms with E-state index < -0.39 is 9.89 Å². The van der Waals surface area contributed by atoms with Gasteiger partial charge in [0.2, 0.25) is 3.79 Å². The van der Waals surface area contributed by atoms with Gasteiger partial charge in [-0.2, -0.15) is 0 Å². The maximum atomic E-state index is 11.4. The van der Waals surface area contributed by atoms with Gasteiger partial charge in [0.25, 0.3) is 0 Å². The van der Waals surface area contributed by atoms with Gasteiger partial charge in [-0.25, -0.2) is 9.78 Å². The van der Waals surface area contributed by atoms with Crippen molar-refractivity contribution in [1.29, 1.82) is 0 Å². The Morgan fingerprint density at radius 3 is 2.94 bits per heavy atom. The number of halogens is 3. The molecule has 0 unspecified atom stereocenters. The summed E-state index contributed by atoms with van der Waals surface area (Å²) in [5, 5.41) is 2.54. The quantitative estimate of drug-likeness (QED) is 0.841. The van der Waals surface area contributed by atoms with Gasteiger partial charge in [-0.15, -0.1) is 11.3 Å². The van der Waals surface area contributed by atoms with Crippen molar-refractivity contribution in [2.24, 2.45) is 0 Å². The Balaban J connectivity index is 1.98. The van der Waals surface area contributed by atoms with E-state index in [2.05, 4.69) is 10.3 Å². The number of amides is 1. The summed E-state index contributed by atoms with van der Waals surface area (Å²) in [6, 6.07) is 5.32. The standard InChI is InChI=1S/C10H7Cl3N2O2S/c11-10(12,13)4-17-9(16)15-6-1-2-7-8(3-6)18-5-14-7/h1-3,5H,4H2,(H,15,16). The zero-order chi connectivity index (χ0) is 13.2. The molecule has 2 aromatic rings. The van der Waals surface area contributed by atoms with E-state index in [1.165, 1.54) is 11.3 Å². The fourth-order valence-corrected chi connectivity index (χ4v) is 2.11. The summed E-state index contributed by atoms with van der Waals surface area (Å²) in [6.45, 7) is -0.313. The average molecular weight is 326 g/mol. The second kappa shape index (κ2) is 5.48. The Bertz CT molecular complexity index is 567. The maximum Gasteiger partial charge on any atom is 0.411 e. The number of hydrogen-bond acceptors (Lipinski definition) is 4. The highest BCUT2D eigenvalue weighted by Gasteiger charge is 2.22. The SMILES string of the molecule is O=C(Nc1ccc2ncsc2c1)OCC(Cl)(Cl)Cl. The molecule has 0 spiro atoms. The van der Waals surface area contributed by atoms with Crippen molar-refractivity contribution in [2.45, 2.75) is 3.79 Å². The van der Waals surface area contributed by atoms with Crippen LogP contribution >= 0.6 is 46.1 Å². The zero-order valence-electron chi connectivity index (χ0n) is 8.82. The molecule has 0 fully saturated rings. The monoisotopic (exact) mass is 324 g/mol. The third-order valence-electron chi connectivity index (χ3n) is 1.94. The molecule has 0 aliphatic carbocycles. The van der Waals surface area contributed by atoms with Gasteiger partial charge in [0.1, 0.15) is 6.61 Å². The summed E-state index contributed by atoms with van der Waals surface area (Å²) in [6.07, 6.45) is -0.676. The molecule has 18 heavy (non-hydrogen) atoms. The molecule has 96 valence electrons. The first-order chi connectivity index (χ1) is 8.44. The fourth-order valence-electron chi connectivity index (χ4n) is 1.23. The van der Waals surface area contributed by atoms with Crippen molar-refractivity contribution in [3.8, 4) is 0 Å². The lowest BCUT2D eigenvalue weighted by molar-refractivity contribution is 0.164. The van der Waals surface area contributed by atoms with E-state index in [-0.39, 0.29) is 6.61 Å². The number of hydrogen-bond donors (Lipinski definition) is 1. The van der Waals surface area contributed by atoms with Crippen molar-refractivity contribution >= 4 is 68.1 Å². The molecule has 1 amide bonds. The molecule has 1 aromatic carbocycles. The van der Waals surface area contributed by atoms with Crippen LogP contribution in [0.25, 0.3) is 10.2 Å². The van der Waals surface area contributed by atoms with Crippen LogP contribution in [0.4, 0.5) is 10.5 Å². The second-order valence-electron chi connectivity index (χ2n) is 3.35. The normalized spacial score (nSPS) is 11.5. The molecular formula is C10H7Cl3N2O2S. The lowest BCUT2D eigenvalue weighted by Crippen LogP contribution is -2.21. The molecule has 1 aromatic heterocycles. The lowest BCUT2D eigenvalue weighted by atomic mass is 10.3. The van der Waals surface area contributed by atoms with Gasteiger partial charge in [-0.3, -0.25) is 5.32 Å². The van der Waals surface area contributed by atoms with Crippen LogP contribution in [0.1, 0.15) is 0 Å². The minimum absolute atomic E-state index is 0.313. The number of carbonyl (C=O) groups is 1. The minimum Gasteiger partial charge on any atom is -0.445 e. The summed E-state index contributed by atoms with van der Waals surface area (Å²) < 4.78 is 4.10. The smallest absolute Gasteiger partial charge is 0.411 e. The van der Waals surface area contributed by atoms with E-state index >= 15 is 0 Å². The Morgan fingerprint density at radius 2 is 2.22 bits per heavy atom. The highest BCUT2D eigenvalue weighted by atomic mass is 35.6. The number of rotatable bonds is 2. The number of anilines is 1. The molecule has 0 atom stereocenters. The van der Waals surface area contributed by atoms with E-state index in [4.69, 9.17) is 39.5 Å². The van der Waals surface area contributed by atoms with Crippen LogP contribution in [0, 0.1) is 0 Å². The van der Waals surface area contributed by atoms with Gasteiger partial charge in [-0.05, 0) is 18.2 Å². The number of ether oxygens (including phenoxy) is 1. The van der Waals surface area contributed by atoms with Gasteiger partial charge in [0, 0.05) is 5.69 Å². The van der Waals surface area contributed by atoms with Crippen molar-refractivity contribution < 1.29 is 9.53 Å². The molecule has 4 nitrogen and oxygen atoms in total. The van der Waals surface area contributed by atoms with Crippen LogP contribution in [0.3, 0.4) is 0 Å². The molecular weight excluding hydrogens is 319 g/mol. The van der Waals surface area contributed by atoms with Crippen LogP contribution in [0.15, 0.2) is 23.7 Å². The first kappa shape index (κ1) is 13.7. The summed E-state index contributed by atoms with van der Waals surface area (Å²) in [5.41, 5.74) is 3.21. The second-order valence-corrected chi connectivity index (χ2v) is 6.75. The third-order valence-corrected chi connectivity index (χ3v) is 3.06. The summed E-state index contributed by atoms with van der Waals surface area (Å²) in [5.74, 6) is 0. The molecule has 0 aliphatic heterocycles. The third kappa shape index (κ3) is 3.88. The Labute approximate surface area is 122 Å². The summed E-state index contributed by atoms with van der Waals surface area (Å²) in [4.78, 5) is 15.5. The van der Waals surface area contributed by atoms with Crippen molar-refractivity contribution in [3.63, 3.8) is 0 Å². The van der Waals surface area contributed by atoms with Gasteiger partial charge in [0.05, 0.1) is 15.7 Å². The fraction of sp³-hybridized carbons (Fsp3) is 0.200. The number of fused-ring (bicyclic) bond motifs is 1. The highest BCUT2D eigenvalue weighted by Crippen LogP contribution is 2.26. The molecule has 0 aliphatic rings. The average Bonchev–Trinajstić information content (AvgIpc) is 2.72. The van der Waals surface area contributed by atoms with E-state index in [0.29, 0.717) is 5.69 Å². The number of nitrogens with one attached hydrogen (secondary N) is 1.